The van der Waals surface area contributed by atoms with Gasteiger partial charge in [-0.2, -0.15) is 0 Å². The van der Waals surface area contributed by atoms with Crippen molar-refractivity contribution in [2.45, 2.75) is 25.3 Å². The third-order valence-corrected chi connectivity index (χ3v) is 3.54. The van der Waals surface area contributed by atoms with E-state index in [2.05, 4.69) is 0 Å². The molecule has 1 heterocycles. The Hall–Kier alpha value is -1.75. The fourth-order valence-electron chi connectivity index (χ4n) is 2.52. The van der Waals surface area contributed by atoms with E-state index >= 15 is 0 Å². The number of ether oxygens (including phenoxy) is 1. The fraction of sp³-hybridized carbons (Fsp3) is 0.429. The van der Waals surface area contributed by atoms with E-state index in [4.69, 9.17) is 16.3 Å². The largest absolute Gasteiger partial charge is 0.481 e. The number of nitrogens with zero attached hydrogens (tertiary/aromatic N) is 1. The molecule has 0 spiro atoms. The number of fused-ring (bicyclic) bond motifs is 1. The van der Waals surface area contributed by atoms with Crippen molar-refractivity contribution in [3.8, 4) is 0 Å². The first-order chi connectivity index (χ1) is 9.56. The molecule has 0 aromatic heterocycles. The summed E-state index contributed by atoms with van der Waals surface area (Å²) >= 11 is 5.51. The van der Waals surface area contributed by atoms with Gasteiger partial charge in [0.1, 0.15) is 6.61 Å². The van der Waals surface area contributed by atoms with Gasteiger partial charge in [0.15, 0.2) is 0 Å². The van der Waals surface area contributed by atoms with Gasteiger partial charge in [-0.25, -0.2) is 4.79 Å². The van der Waals surface area contributed by atoms with Gasteiger partial charge >= 0.3 is 12.1 Å². The normalized spacial score (nSPS) is 21.2. The number of hydrogen-bond acceptors (Lipinski definition) is 3. The van der Waals surface area contributed by atoms with E-state index in [1.54, 1.807) is 24.3 Å². The highest BCUT2D eigenvalue weighted by molar-refractivity contribution is 6.18. The lowest BCUT2D eigenvalue weighted by atomic mass is 9.86. The number of carboxylic acids is 1. The smallest absolute Gasteiger partial charge is 0.414 e. The molecule has 1 aliphatic rings. The number of alkyl halides is 1. The van der Waals surface area contributed by atoms with E-state index in [0.717, 1.165) is 0 Å². The zero-order chi connectivity index (χ0) is 14.7. The van der Waals surface area contributed by atoms with Crippen molar-refractivity contribution in [2.75, 3.05) is 17.4 Å². The summed E-state index contributed by atoms with van der Waals surface area (Å²) in [7, 11) is 0. The maximum Gasteiger partial charge on any atom is 0.414 e. The Balaban J connectivity index is 2.36. The maximum atomic E-state index is 12.1. The summed E-state index contributed by atoms with van der Waals surface area (Å²) in [6.07, 6.45) is -0.128. The molecule has 1 amide bonds. The minimum atomic E-state index is -0.877. The summed E-state index contributed by atoms with van der Waals surface area (Å²) < 4.78 is 5.06. The number of carboxylic acid groups (broad SMARTS) is 1. The molecule has 1 N–H and O–H groups in total. The van der Waals surface area contributed by atoms with Gasteiger partial charge in [0.25, 0.3) is 0 Å². The predicted molar refractivity (Wildman–Crippen MR) is 75.4 cm³/mol. The van der Waals surface area contributed by atoms with Crippen molar-refractivity contribution in [3.63, 3.8) is 0 Å². The summed E-state index contributed by atoms with van der Waals surface area (Å²) in [5.41, 5.74) is 1.24. The minimum absolute atomic E-state index is 0.133. The van der Waals surface area contributed by atoms with Gasteiger partial charge in [0, 0.05) is 6.04 Å². The van der Waals surface area contributed by atoms with Crippen molar-refractivity contribution < 1.29 is 19.4 Å². The van der Waals surface area contributed by atoms with Crippen LogP contribution in [0, 0.1) is 0 Å². The third-order valence-electron chi connectivity index (χ3n) is 3.39. The predicted octanol–water partition coefficient (Wildman–Crippen LogP) is 2.83. The van der Waals surface area contributed by atoms with Crippen LogP contribution in [0.4, 0.5) is 10.5 Å². The van der Waals surface area contributed by atoms with E-state index in [9.17, 15) is 14.7 Å². The van der Waals surface area contributed by atoms with Crippen molar-refractivity contribution in [1.29, 1.82) is 0 Å². The molecule has 5 nitrogen and oxygen atoms in total. The first-order valence-corrected chi connectivity index (χ1v) is 6.93. The molecule has 1 aromatic carbocycles. The number of aliphatic carboxylic acids is 1. The minimum Gasteiger partial charge on any atom is -0.481 e. The molecule has 0 saturated carbocycles. The van der Waals surface area contributed by atoms with Crippen molar-refractivity contribution in [3.05, 3.63) is 29.8 Å². The molecule has 1 aliphatic heterocycles. The molecular formula is C14H16ClNO4. The first-order valence-electron chi connectivity index (χ1n) is 6.40. The standard InChI is InChI=1S/C14H16ClNO4/c1-9-8-11(13(17)18)10-4-2-3-5-12(10)16(9)14(19)20-7-6-15/h2-5,9,11H,6-8H2,1H3,(H,17,18). The van der Waals surface area contributed by atoms with Gasteiger partial charge in [0.05, 0.1) is 17.5 Å². The van der Waals surface area contributed by atoms with Gasteiger partial charge in [-0.05, 0) is 25.0 Å². The lowest BCUT2D eigenvalue weighted by Crippen LogP contribution is -2.44. The van der Waals surface area contributed by atoms with Gasteiger partial charge < -0.3 is 9.84 Å². The summed E-state index contributed by atoms with van der Waals surface area (Å²) in [4.78, 5) is 25.0. The van der Waals surface area contributed by atoms with Crippen LogP contribution in [0.3, 0.4) is 0 Å². The van der Waals surface area contributed by atoms with Crippen molar-refractivity contribution in [1.82, 2.24) is 0 Å². The van der Waals surface area contributed by atoms with Crippen molar-refractivity contribution in [2.24, 2.45) is 0 Å². The van der Waals surface area contributed by atoms with Crippen LogP contribution in [0.1, 0.15) is 24.8 Å². The number of hydrogen-bond donors (Lipinski definition) is 1. The summed E-state index contributed by atoms with van der Waals surface area (Å²) in [5.74, 6) is -1.25. The molecule has 2 rings (SSSR count). The van der Waals surface area contributed by atoms with Crippen molar-refractivity contribution >= 4 is 29.4 Å². The van der Waals surface area contributed by atoms with Gasteiger partial charge in [-0.3, -0.25) is 9.69 Å². The first kappa shape index (κ1) is 14.7. The van der Waals surface area contributed by atoms with Crippen LogP contribution in [-0.2, 0) is 9.53 Å². The molecule has 2 atom stereocenters. The number of carbonyl (C=O) groups is 2. The Morgan fingerprint density at radius 2 is 2.15 bits per heavy atom. The second-order valence-corrected chi connectivity index (χ2v) is 5.09. The summed E-state index contributed by atoms with van der Waals surface area (Å²) in [5, 5.41) is 9.32. The molecule has 1 aromatic rings. The number of amides is 1. The molecule has 0 aliphatic carbocycles. The molecular weight excluding hydrogens is 282 g/mol. The van der Waals surface area contributed by atoms with Crippen LogP contribution in [0.15, 0.2) is 24.3 Å². The average Bonchev–Trinajstić information content (AvgIpc) is 2.43. The average molecular weight is 298 g/mol. The number of para-hydroxylation sites is 1. The number of halogens is 1. The second-order valence-electron chi connectivity index (χ2n) is 4.71. The zero-order valence-electron chi connectivity index (χ0n) is 11.1. The Bertz CT molecular complexity index is 520. The Morgan fingerprint density at radius 1 is 1.45 bits per heavy atom. The molecule has 0 bridgehead atoms. The molecule has 0 saturated heterocycles. The topological polar surface area (TPSA) is 66.8 Å². The number of carbonyl (C=O) groups excluding carboxylic acids is 1. The van der Waals surface area contributed by atoms with E-state index in [1.807, 2.05) is 6.92 Å². The number of benzene rings is 1. The van der Waals surface area contributed by atoms with E-state index in [-0.39, 0.29) is 18.5 Å². The second kappa shape index (κ2) is 6.13. The van der Waals surface area contributed by atoms with Gasteiger partial charge in [0.2, 0.25) is 0 Å². The molecule has 108 valence electrons. The number of rotatable bonds is 3. The Kier molecular flexibility index (Phi) is 4.49. The molecule has 0 radical (unpaired) electrons. The molecule has 20 heavy (non-hydrogen) atoms. The molecule has 6 heteroatoms. The lowest BCUT2D eigenvalue weighted by Gasteiger charge is -2.37. The van der Waals surface area contributed by atoms with Crippen LogP contribution in [-0.4, -0.2) is 35.7 Å². The Morgan fingerprint density at radius 3 is 2.80 bits per heavy atom. The van der Waals surface area contributed by atoms with Crippen LogP contribution >= 0.6 is 11.6 Å². The number of anilines is 1. The van der Waals surface area contributed by atoms with Crippen LogP contribution in [0.2, 0.25) is 0 Å². The maximum absolute atomic E-state index is 12.1. The highest BCUT2D eigenvalue weighted by Gasteiger charge is 2.37. The zero-order valence-corrected chi connectivity index (χ0v) is 11.8. The summed E-state index contributed by atoms with van der Waals surface area (Å²) in [6, 6.07) is 6.78. The third kappa shape index (κ3) is 2.72. The van der Waals surface area contributed by atoms with E-state index in [0.29, 0.717) is 17.7 Å². The van der Waals surface area contributed by atoms with E-state index < -0.39 is 18.0 Å². The van der Waals surface area contributed by atoms with Crippen LogP contribution in [0.5, 0.6) is 0 Å². The van der Waals surface area contributed by atoms with E-state index in [1.165, 1.54) is 4.90 Å². The SMILES string of the molecule is CC1CC(C(=O)O)c2ccccc2N1C(=O)OCCCl. The fourth-order valence-corrected chi connectivity index (χ4v) is 2.60. The molecule has 2 unspecified atom stereocenters. The Labute approximate surface area is 122 Å². The van der Waals surface area contributed by atoms with Gasteiger partial charge in [-0.1, -0.05) is 18.2 Å². The molecule has 0 fully saturated rings. The highest BCUT2D eigenvalue weighted by Crippen LogP contribution is 2.38. The quantitative estimate of drug-likeness (QED) is 0.871. The lowest BCUT2D eigenvalue weighted by molar-refractivity contribution is -0.139. The van der Waals surface area contributed by atoms with Crippen LogP contribution in [0.25, 0.3) is 0 Å². The monoisotopic (exact) mass is 297 g/mol. The highest BCUT2D eigenvalue weighted by atomic mass is 35.5. The summed E-state index contributed by atoms with van der Waals surface area (Å²) in [6.45, 7) is 1.95. The van der Waals surface area contributed by atoms with Gasteiger partial charge in [-0.15, -0.1) is 11.6 Å². The van der Waals surface area contributed by atoms with Crippen LogP contribution < -0.4 is 4.90 Å².